The second-order valence-corrected chi connectivity index (χ2v) is 6.17. The average molecular weight is 383 g/mol. The summed E-state index contributed by atoms with van der Waals surface area (Å²) in [4.78, 5) is 38.0. The molecule has 0 aliphatic rings. The number of carbonyl (C=O) groups excluding carboxylic acids is 3. The molecular weight excluding hydrogens is 358 g/mol. The first kappa shape index (κ1) is 21.0. The predicted molar refractivity (Wildman–Crippen MR) is 107 cm³/mol. The maximum atomic E-state index is 12.1. The van der Waals surface area contributed by atoms with Gasteiger partial charge in [0, 0.05) is 24.3 Å². The van der Waals surface area contributed by atoms with Crippen molar-refractivity contribution in [3.8, 4) is 0 Å². The molecule has 0 saturated heterocycles. The molecule has 2 aromatic rings. The van der Waals surface area contributed by atoms with E-state index in [1.54, 1.807) is 30.3 Å². The van der Waals surface area contributed by atoms with Crippen molar-refractivity contribution < 1.29 is 19.1 Å². The van der Waals surface area contributed by atoms with E-state index in [-0.39, 0.29) is 0 Å². The van der Waals surface area contributed by atoms with Crippen molar-refractivity contribution in [2.45, 2.75) is 20.8 Å². The summed E-state index contributed by atoms with van der Waals surface area (Å²) in [7, 11) is 0. The molecule has 0 saturated carbocycles. The van der Waals surface area contributed by atoms with Crippen LogP contribution in [0.3, 0.4) is 0 Å². The summed E-state index contributed by atoms with van der Waals surface area (Å²) in [5.74, 6) is -1.68. The number of hydrogen-bond acceptors (Lipinski definition) is 5. The Morgan fingerprint density at radius 2 is 1.61 bits per heavy atom. The molecule has 7 heteroatoms. The van der Waals surface area contributed by atoms with Crippen LogP contribution in [0.4, 0.5) is 5.69 Å². The number of carbonyl (C=O) groups is 3. The summed E-state index contributed by atoms with van der Waals surface area (Å²) in [5.41, 5.74) is 7.25. The molecule has 148 valence electrons. The van der Waals surface area contributed by atoms with Gasteiger partial charge < -0.3 is 9.64 Å². The van der Waals surface area contributed by atoms with Crippen molar-refractivity contribution >= 4 is 23.5 Å². The van der Waals surface area contributed by atoms with E-state index >= 15 is 0 Å². The Labute approximate surface area is 164 Å². The van der Waals surface area contributed by atoms with Gasteiger partial charge in [0.2, 0.25) is 0 Å². The summed E-state index contributed by atoms with van der Waals surface area (Å²) in [6, 6.07) is 14.0. The van der Waals surface area contributed by atoms with E-state index in [4.69, 9.17) is 4.74 Å². The molecule has 0 aromatic heterocycles. The second-order valence-electron chi connectivity index (χ2n) is 6.17. The largest absolute Gasteiger partial charge is 0.452 e. The Hall–Kier alpha value is -3.35. The molecule has 2 amide bonds. The van der Waals surface area contributed by atoms with Gasteiger partial charge >= 0.3 is 5.97 Å². The van der Waals surface area contributed by atoms with Gasteiger partial charge in [-0.1, -0.05) is 17.7 Å². The Kier molecular flexibility index (Phi) is 7.56. The van der Waals surface area contributed by atoms with Crippen molar-refractivity contribution in [3.05, 3.63) is 65.2 Å². The van der Waals surface area contributed by atoms with Crippen molar-refractivity contribution in [3.63, 3.8) is 0 Å². The zero-order valence-electron chi connectivity index (χ0n) is 16.3. The molecule has 0 spiro atoms. The van der Waals surface area contributed by atoms with Crippen LogP contribution in [0.15, 0.2) is 48.5 Å². The van der Waals surface area contributed by atoms with Crippen LogP contribution in [0.1, 0.15) is 40.1 Å². The number of esters is 1. The van der Waals surface area contributed by atoms with Crippen LogP contribution < -0.4 is 15.8 Å². The summed E-state index contributed by atoms with van der Waals surface area (Å²) in [6.45, 7) is 7.23. The minimum absolute atomic E-state index is 0.366. The Morgan fingerprint density at radius 3 is 2.21 bits per heavy atom. The smallest absolute Gasteiger partial charge is 0.338 e. The van der Waals surface area contributed by atoms with Crippen molar-refractivity contribution in [1.82, 2.24) is 10.9 Å². The number of hydrogen-bond donors (Lipinski definition) is 2. The van der Waals surface area contributed by atoms with Gasteiger partial charge in [0.15, 0.2) is 6.61 Å². The fraction of sp³-hybridized carbons (Fsp3) is 0.286. The Bertz CT molecular complexity index is 830. The SMILES string of the molecule is CCN(CC)c1ccc(C(=O)NNC(=O)COC(=O)c2cccc(C)c2)cc1. The summed E-state index contributed by atoms with van der Waals surface area (Å²) in [5, 5.41) is 0. The van der Waals surface area contributed by atoms with Crippen molar-refractivity contribution in [2.75, 3.05) is 24.6 Å². The van der Waals surface area contributed by atoms with E-state index in [0.29, 0.717) is 11.1 Å². The summed E-state index contributed by atoms with van der Waals surface area (Å²) >= 11 is 0. The first-order valence-electron chi connectivity index (χ1n) is 9.12. The molecule has 28 heavy (non-hydrogen) atoms. The zero-order chi connectivity index (χ0) is 20.5. The molecule has 0 aliphatic heterocycles. The minimum atomic E-state index is -0.630. The van der Waals surface area contributed by atoms with Crippen LogP contribution in [-0.4, -0.2) is 37.5 Å². The van der Waals surface area contributed by atoms with Crippen LogP contribution >= 0.6 is 0 Å². The maximum absolute atomic E-state index is 12.1. The molecule has 0 heterocycles. The van der Waals surface area contributed by atoms with Gasteiger partial charge in [-0.05, 0) is 57.2 Å². The molecule has 2 aromatic carbocycles. The van der Waals surface area contributed by atoms with E-state index < -0.39 is 24.4 Å². The number of aryl methyl sites for hydroxylation is 1. The standard InChI is InChI=1S/C21H25N3O4/c1-4-24(5-2)18-11-9-16(10-12-18)20(26)23-22-19(25)14-28-21(27)17-8-6-7-15(3)13-17/h6-13H,4-5,14H2,1-3H3,(H,22,25)(H,23,26). The molecule has 7 nitrogen and oxygen atoms in total. The van der Waals surface area contributed by atoms with Crippen LogP contribution in [0.25, 0.3) is 0 Å². The van der Waals surface area contributed by atoms with Gasteiger partial charge in [-0.15, -0.1) is 0 Å². The third-order valence-corrected chi connectivity index (χ3v) is 4.16. The molecule has 0 unspecified atom stereocenters. The quantitative estimate of drug-likeness (QED) is 0.566. The van der Waals surface area contributed by atoms with E-state index in [0.717, 1.165) is 24.3 Å². The highest BCUT2D eigenvalue weighted by Gasteiger charge is 2.12. The lowest BCUT2D eigenvalue weighted by molar-refractivity contribution is -0.125. The number of benzene rings is 2. The average Bonchev–Trinajstić information content (AvgIpc) is 2.71. The van der Waals surface area contributed by atoms with Gasteiger partial charge in [0.05, 0.1) is 5.56 Å². The number of amides is 2. The number of ether oxygens (including phenoxy) is 1. The first-order valence-corrected chi connectivity index (χ1v) is 9.12. The number of nitrogens with zero attached hydrogens (tertiary/aromatic N) is 1. The molecule has 2 rings (SSSR count). The van der Waals surface area contributed by atoms with Crippen LogP contribution in [0, 0.1) is 6.92 Å². The monoisotopic (exact) mass is 383 g/mol. The summed E-state index contributed by atoms with van der Waals surface area (Å²) < 4.78 is 4.94. The predicted octanol–water partition coefficient (Wildman–Crippen LogP) is 2.46. The zero-order valence-corrected chi connectivity index (χ0v) is 16.3. The third kappa shape index (κ3) is 5.84. The fourth-order valence-electron chi connectivity index (χ4n) is 2.63. The van der Waals surface area contributed by atoms with Gasteiger partial charge in [0.25, 0.3) is 11.8 Å². The number of nitrogens with one attached hydrogen (secondary N) is 2. The number of anilines is 1. The molecule has 0 bridgehead atoms. The first-order chi connectivity index (χ1) is 13.4. The van der Waals surface area contributed by atoms with Crippen LogP contribution in [0.5, 0.6) is 0 Å². The summed E-state index contributed by atoms with van der Waals surface area (Å²) in [6.07, 6.45) is 0. The number of rotatable bonds is 7. The molecule has 0 fully saturated rings. The lowest BCUT2D eigenvalue weighted by atomic mass is 10.1. The van der Waals surface area contributed by atoms with E-state index in [9.17, 15) is 14.4 Å². The third-order valence-electron chi connectivity index (χ3n) is 4.16. The van der Waals surface area contributed by atoms with Crippen molar-refractivity contribution in [2.24, 2.45) is 0 Å². The molecule has 2 N–H and O–H groups in total. The van der Waals surface area contributed by atoms with E-state index in [1.165, 1.54) is 0 Å². The normalized spacial score (nSPS) is 10.1. The van der Waals surface area contributed by atoms with Crippen LogP contribution in [-0.2, 0) is 9.53 Å². The van der Waals surface area contributed by atoms with Gasteiger partial charge in [-0.25, -0.2) is 4.79 Å². The topological polar surface area (TPSA) is 87.7 Å². The highest BCUT2D eigenvalue weighted by atomic mass is 16.5. The second kappa shape index (κ2) is 10.1. The van der Waals surface area contributed by atoms with E-state index in [1.807, 2.05) is 25.1 Å². The van der Waals surface area contributed by atoms with Gasteiger partial charge in [0.1, 0.15) is 0 Å². The molecule has 0 radical (unpaired) electrons. The van der Waals surface area contributed by atoms with Crippen LogP contribution in [0.2, 0.25) is 0 Å². The van der Waals surface area contributed by atoms with Crippen molar-refractivity contribution in [1.29, 1.82) is 0 Å². The Morgan fingerprint density at radius 1 is 0.929 bits per heavy atom. The molecular formula is C21H25N3O4. The fourth-order valence-corrected chi connectivity index (χ4v) is 2.63. The Balaban J connectivity index is 1.80. The molecule has 0 aliphatic carbocycles. The van der Waals surface area contributed by atoms with E-state index in [2.05, 4.69) is 29.6 Å². The highest BCUT2D eigenvalue weighted by Crippen LogP contribution is 2.14. The maximum Gasteiger partial charge on any atom is 0.338 e. The lowest BCUT2D eigenvalue weighted by Crippen LogP contribution is -2.43. The van der Waals surface area contributed by atoms with Gasteiger partial charge in [-0.2, -0.15) is 0 Å². The lowest BCUT2D eigenvalue weighted by Gasteiger charge is -2.21. The number of hydrazine groups is 1. The minimum Gasteiger partial charge on any atom is -0.452 e. The van der Waals surface area contributed by atoms with Gasteiger partial charge in [-0.3, -0.25) is 20.4 Å². The molecule has 0 atom stereocenters. The highest BCUT2D eigenvalue weighted by molar-refractivity contribution is 5.96.